The minimum Gasteiger partial charge on any atom is -0.353 e. The Morgan fingerprint density at radius 3 is 2.59 bits per heavy atom. The van der Waals surface area contributed by atoms with Gasteiger partial charge in [-0.3, -0.25) is 0 Å². The SMILES string of the molecule is Cc1cc(N(C)C2CN(c3ccc4nnc(C(C)(C)C)n4n3)C2)n2nccc2n1. The van der Waals surface area contributed by atoms with Crippen LogP contribution in [0.25, 0.3) is 11.3 Å². The third-order valence-electron chi connectivity index (χ3n) is 5.48. The summed E-state index contributed by atoms with van der Waals surface area (Å²) < 4.78 is 3.76. The summed E-state index contributed by atoms with van der Waals surface area (Å²) in [4.78, 5) is 9.10. The summed E-state index contributed by atoms with van der Waals surface area (Å²) in [6, 6.07) is 8.41. The predicted octanol–water partition coefficient (Wildman–Crippen LogP) is 2.10. The van der Waals surface area contributed by atoms with E-state index in [1.165, 1.54) is 0 Å². The molecule has 150 valence electrons. The van der Waals surface area contributed by atoms with E-state index in [0.29, 0.717) is 6.04 Å². The average Bonchev–Trinajstić information content (AvgIpc) is 3.25. The molecule has 0 radical (unpaired) electrons. The minimum absolute atomic E-state index is 0.114. The van der Waals surface area contributed by atoms with Crippen molar-refractivity contribution in [2.24, 2.45) is 0 Å². The van der Waals surface area contributed by atoms with Gasteiger partial charge in [-0.1, -0.05) is 20.8 Å². The van der Waals surface area contributed by atoms with Crippen molar-refractivity contribution >= 4 is 22.9 Å². The Balaban J connectivity index is 1.38. The number of hydrogen-bond acceptors (Lipinski definition) is 7. The molecule has 0 aliphatic carbocycles. The maximum Gasteiger partial charge on any atom is 0.178 e. The highest BCUT2D eigenvalue weighted by Crippen LogP contribution is 2.27. The Morgan fingerprint density at radius 1 is 1.03 bits per heavy atom. The quantitative estimate of drug-likeness (QED) is 0.529. The number of nitrogens with zero attached hydrogens (tertiary/aromatic N) is 9. The van der Waals surface area contributed by atoms with Gasteiger partial charge in [-0.2, -0.15) is 14.1 Å². The maximum absolute atomic E-state index is 4.82. The van der Waals surface area contributed by atoms with E-state index in [1.54, 1.807) is 6.20 Å². The Hall–Kier alpha value is -3.23. The summed E-state index contributed by atoms with van der Waals surface area (Å²) >= 11 is 0. The first-order valence-electron chi connectivity index (χ1n) is 9.83. The van der Waals surface area contributed by atoms with Gasteiger partial charge in [0, 0.05) is 43.4 Å². The Bertz CT molecular complexity index is 1190. The van der Waals surface area contributed by atoms with Gasteiger partial charge >= 0.3 is 0 Å². The lowest BCUT2D eigenvalue weighted by molar-refractivity contribution is 0.480. The van der Waals surface area contributed by atoms with Crippen LogP contribution in [0.4, 0.5) is 11.6 Å². The van der Waals surface area contributed by atoms with Gasteiger partial charge < -0.3 is 9.80 Å². The fourth-order valence-electron chi connectivity index (χ4n) is 3.76. The molecule has 0 saturated carbocycles. The van der Waals surface area contributed by atoms with Crippen molar-refractivity contribution in [1.82, 2.24) is 34.4 Å². The second kappa shape index (κ2) is 6.13. The molecule has 1 aliphatic rings. The average molecular weight is 391 g/mol. The molecule has 1 saturated heterocycles. The van der Waals surface area contributed by atoms with Crippen molar-refractivity contribution in [3.05, 3.63) is 42.0 Å². The molecule has 4 aromatic heterocycles. The summed E-state index contributed by atoms with van der Waals surface area (Å²) in [5.74, 6) is 2.87. The molecule has 0 bridgehead atoms. The van der Waals surface area contributed by atoms with Crippen LogP contribution in [0.1, 0.15) is 32.3 Å². The normalized spacial score (nSPS) is 15.3. The molecule has 0 N–H and O–H groups in total. The molecular weight excluding hydrogens is 366 g/mol. The standard InChI is InChI=1S/C20H25N9/c1-13-10-18(28-15(22-13)8-9-21-28)26(5)14-11-27(12-14)17-7-6-16-23-24-19(20(2,3)4)29(16)25-17/h6-10,14H,11-12H2,1-5H3. The van der Waals surface area contributed by atoms with E-state index < -0.39 is 0 Å². The molecule has 0 unspecified atom stereocenters. The van der Waals surface area contributed by atoms with Crippen LogP contribution in [0.3, 0.4) is 0 Å². The van der Waals surface area contributed by atoms with Crippen LogP contribution in [-0.2, 0) is 5.41 Å². The molecule has 0 aromatic carbocycles. The van der Waals surface area contributed by atoms with Crippen molar-refractivity contribution in [2.75, 3.05) is 29.9 Å². The predicted molar refractivity (Wildman–Crippen MR) is 112 cm³/mol. The van der Waals surface area contributed by atoms with E-state index in [1.807, 2.05) is 34.2 Å². The van der Waals surface area contributed by atoms with Crippen LogP contribution < -0.4 is 9.80 Å². The van der Waals surface area contributed by atoms with Crippen LogP contribution >= 0.6 is 0 Å². The lowest BCUT2D eigenvalue weighted by atomic mass is 9.96. The van der Waals surface area contributed by atoms with E-state index in [2.05, 4.69) is 64.0 Å². The number of rotatable bonds is 3. The highest BCUT2D eigenvalue weighted by Gasteiger charge is 2.33. The Morgan fingerprint density at radius 2 is 1.83 bits per heavy atom. The maximum atomic E-state index is 4.82. The number of aromatic nitrogens is 7. The number of likely N-dealkylation sites (N-methyl/N-ethyl adjacent to an activating group) is 1. The minimum atomic E-state index is -0.114. The fraction of sp³-hybridized carbons (Fsp3) is 0.450. The van der Waals surface area contributed by atoms with E-state index >= 15 is 0 Å². The van der Waals surface area contributed by atoms with E-state index in [9.17, 15) is 0 Å². The van der Waals surface area contributed by atoms with Crippen LogP contribution in [0.2, 0.25) is 0 Å². The van der Waals surface area contributed by atoms with Crippen molar-refractivity contribution in [1.29, 1.82) is 0 Å². The topological polar surface area (TPSA) is 79.8 Å². The summed E-state index contributed by atoms with van der Waals surface area (Å²) in [6.45, 7) is 10.2. The molecule has 9 heteroatoms. The van der Waals surface area contributed by atoms with E-state index in [0.717, 1.165) is 47.5 Å². The largest absolute Gasteiger partial charge is 0.353 e. The molecule has 29 heavy (non-hydrogen) atoms. The van der Waals surface area contributed by atoms with Gasteiger partial charge in [0.05, 0.1) is 12.2 Å². The van der Waals surface area contributed by atoms with Crippen molar-refractivity contribution in [3.63, 3.8) is 0 Å². The first-order valence-corrected chi connectivity index (χ1v) is 9.83. The third kappa shape index (κ3) is 2.88. The summed E-state index contributed by atoms with van der Waals surface area (Å²) in [5, 5.41) is 17.8. The van der Waals surface area contributed by atoms with Gasteiger partial charge in [0.2, 0.25) is 0 Å². The molecule has 4 aromatic rings. The van der Waals surface area contributed by atoms with Gasteiger partial charge in [0.25, 0.3) is 0 Å². The zero-order valence-corrected chi connectivity index (χ0v) is 17.4. The van der Waals surface area contributed by atoms with Gasteiger partial charge in [0.15, 0.2) is 17.1 Å². The van der Waals surface area contributed by atoms with Crippen molar-refractivity contribution in [2.45, 2.75) is 39.2 Å². The van der Waals surface area contributed by atoms with Crippen LogP contribution in [0, 0.1) is 6.92 Å². The van der Waals surface area contributed by atoms with Gasteiger partial charge in [-0.15, -0.1) is 15.3 Å². The zero-order chi connectivity index (χ0) is 20.3. The lowest BCUT2D eigenvalue weighted by Gasteiger charge is -2.45. The monoisotopic (exact) mass is 391 g/mol. The second-order valence-electron chi connectivity index (χ2n) is 8.76. The van der Waals surface area contributed by atoms with Crippen molar-refractivity contribution < 1.29 is 0 Å². The smallest absolute Gasteiger partial charge is 0.178 e. The molecule has 0 amide bonds. The second-order valence-corrected chi connectivity index (χ2v) is 8.76. The van der Waals surface area contributed by atoms with Crippen molar-refractivity contribution in [3.8, 4) is 0 Å². The highest BCUT2D eigenvalue weighted by molar-refractivity contribution is 5.54. The first kappa shape index (κ1) is 17.8. The number of aryl methyl sites for hydroxylation is 1. The fourth-order valence-corrected chi connectivity index (χ4v) is 3.76. The number of anilines is 2. The van der Waals surface area contributed by atoms with Gasteiger partial charge in [-0.25, -0.2) is 4.98 Å². The molecular formula is C20H25N9. The molecule has 1 fully saturated rings. The van der Waals surface area contributed by atoms with Crippen LogP contribution in [0.15, 0.2) is 30.5 Å². The van der Waals surface area contributed by atoms with Crippen LogP contribution in [-0.4, -0.2) is 60.6 Å². The summed E-state index contributed by atoms with van der Waals surface area (Å²) in [5.41, 5.74) is 2.53. The molecule has 5 heterocycles. The lowest BCUT2D eigenvalue weighted by Crippen LogP contribution is -2.59. The third-order valence-corrected chi connectivity index (χ3v) is 5.48. The Labute approximate surface area is 169 Å². The van der Waals surface area contributed by atoms with E-state index in [4.69, 9.17) is 5.10 Å². The summed E-state index contributed by atoms with van der Waals surface area (Å²) in [6.07, 6.45) is 1.79. The zero-order valence-electron chi connectivity index (χ0n) is 17.4. The Kier molecular flexibility index (Phi) is 3.77. The van der Waals surface area contributed by atoms with Crippen LogP contribution in [0.5, 0.6) is 0 Å². The number of hydrogen-bond donors (Lipinski definition) is 0. The molecule has 0 atom stereocenters. The molecule has 5 rings (SSSR count). The molecule has 1 aliphatic heterocycles. The van der Waals surface area contributed by atoms with Gasteiger partial charge in [0.1, 0.15) is 11.6 Å². The first-order chi connectivity index (χ1) is 13.8. The molecule has 9 nitrogen and oxygen atoms in total. The summed E-state index contributed by atoms with van der Waals surface area (Å²) in [7, 11) is 2.12. The number of fused-ring (bicyclic) bond motifs is 2. The van der Waals surface area contributed by atoms with E-state index in [-0.39, 0.29) is 5.41 Å². The van der Waals surface area contributed by atoms with Gasteiger partial charge in [-0.05, 0) is 19.1 Å². The highest BCUT2D eigenvalue weighted by atomic mass is 15.4. The molecule has 0 spiro atoms.